The van der Waals surface area contributed by atoms with Gasteiger partial charge in [0.15, 0.2) is 0 Å². The summed E-state index contributed by atoms with van der Waals surface area (Å²) in [5.74, 6) is -3.94. The molecule has 0 saturated heterocycles. The molecule has 0 radical (unpaired) electrons. The molecule has 0 aliphatic carbocycles. The van der Waals surface area contributed by atoms with Crippen LogP contribution >= 0.6 is 0 Å². The maximum Gasteiger partial charge on any atom is 0.335 e. The van der Waals surface area contributed by atoms with Crippen LogP contribution in [0.2, 0.25) is 0 Å². The van der Waals surface area contributed by atoms with Crippen molar-refractivity contribution < 1.29 is 34.1 Å². The van der Waals surface area contributed by atoms with Crippen molar-refractivity contribution in [3.8, 4) is 5.75 Å². The van der Waals surface area contributed by atoms with Gasteiger partial charge in [0, 0.05) is 12.6 Å². The summed E-state index contributed by atoms with van der Waals surface area (Å²) in [7, 11) is 0. The molecule has 3 N–H and O–H groups in total. The molecule has 0 aliphatic rings. The van der Waals surface area contributed by atoms with E-state index in [-0.39, 0.29) is 28.1 Å². The number of para-hydroxylation sites is 1. The van der Waals surface area contributed by atoms with Crippen molar-refractivity contribution in [2.75, 3.05) is 5.32 Å². The SMILES string of the molecule is CC(=O)Oc1ccccc1C(=O)Nc1cc(C(=O)O)cc(C(=O)O)c1. The molecule has 1 amide bonds. The van der Waals surface area contributed by atoms with Crippen LogP contribution in [0.3, 0.4) is 0 Å². The van der Waals surface area contributed by atoms with E-state index in [2.05, 4.69) is 5.32 Å². The first-order valence-electron chi connectivity index (χ1n) is 6.98. The van der Waals surface area contributed by atoms with E-state index in [9.17, 15) is 19.2 Å². The molecule has 0 bridgehead atoms. The molecule has 0 spiro atoms. The lowest BCUT2D eigenvalue weighted by atomic mass is 10.1. The third-order valence-corrected chi connectivity index (χ3v) is 3.07. The summed E-state index contributed by atoms with van der Waals surface area (Å²) in [5.41, 5.74) is -0.554. The fraction of sp³-hybridized carbons (Fsp3) is 0.0588. The molecule has 128 valence electrons. The zero-order valence-corrected chi connectivity index (χ0v) is 13.0. The number of esters is 1. The third-order valence-electron chi connectivity index (χ3n) is 3.07. The van der Waals surface area contributed by atoms with E-state index in [1.54, 1.807) is 12.1 Å². The fourth-order valence-electron chi connectivity index (χ4n) is 2.04. The van der Waals surface area contributed by atoms with E-state index in [4.69, 9.17) is 14.9 Å². The Bertz CT molecular complexity index is 841. The van der Waals surface area contributed by atoms with Gasteiger partial charge in [-0.05, 0) is 30.3 Å². The Hall–Kier alpha value is -3.68. The lowest BCUT2D eigenvalue weighted by Crippen LogP contribution is -2.16. The average molecular weight is 343 g/mol. The molecule has 0 aliphatic heterocycles. The second-order valence-electron chi connectivity index (χ2n) is 4.95. The maximum atomic E-state index is 12.4. The summed E-state index contributed by atoms with van der Waals surface area (Å²) in [4.78, 5) is 45.7. The van der Waals surface area contributed by atoms with Crippen LogP contribution in [0.15, 0.2) is 42.5 Å². The second kappa shape index (κ2) is 7.26. The highest BCUT2D eigenvalue weighted by Gasteiger charge is 2.16. The Kier molecular flexibility index (Phi) is 5.13. The van der Waals surface area contributed by atoms with Gasteiger partial charge in [0.2, 0.25) is 0 Å². The second-order valence-corrected chi connectivity index (χ2v) is 4.95. The monoisotopic (exact) mass is 343 g/mol. The molecule has 2 aromatic rings. The maximum absolute atomic E-state index is 12.4. The first-order chi connectivity index (χ1) is 11.8. The normalized spacial score (nSPS) is 9.96. The highest BCUT2D eigenvalue weighted by atomic mass is 16.5. The number of carboxylic acids is 2. The molecular formula is C17H13NO7. The van der Waals surface area contributed by atoms with E-state index in [0.717, 1.165) is 18.2 Å². The first kappa shape index (κ1) is 17.7. The van der Waals surface area contributed by atoms with Crippen LogP contribution in [-0.4, -0.2) is 34.0 Å². The van der Waals surface area contributed by atoms with E-state index in [1.807, 2.05) is 0 Å². The van der Waals surface area contributed by atoms with E-state index in [0.29, 0.717) is 0 Å². The van der Waals surface area contributed by atoms with Crippen molar-refractivity contribution in [3.05, 3.63) is 59.2 Å². The minimum Gasteiger partial charge on any atom is -0.478 e. The number of hydrogen-bond acceptors (Lipinski definition) is 5. The lowest BCUT2D eigenvalue weighted by molar-refractivity contribution is -0.131. The first-order valence-corrected chi connectivity index (χ1v) is 6.98. The molecular weight excluding hydrogens is 330 g/mol. The Morgan fingerprint density at radius 3 is 2.00 bits per heavy atom. The number of carbonyl (C=O) groups excluding carboxylic acids is 2. The van der Waals surface area contributed by atoms with Crippen LogP contribution in [0.25, 0.3) is 0 Å². The summed E-state index contributed by atoms with van der Waals surface area (Å²) in [5, 5.41) is 20.5. The molecule has 0 saturated carbocycles. The molecule has 0 unspecified atom stereocenters. The van der Waals surface area contributed by atoms with Crippen molar-refractivity contribution in [2.45, 2.75) is 6.92 Å². The largest absolute Gasteiger partial charge is 0.478 e. The van der Waals surface area contributed by atoms with E-state index < -0.39 is 23.8 Å². The number of ether oxygens (including phenoxy) is 1. The number of rotatable bonds is 5. The quantitative estimate of drug-likeness (QED) is 0.560. The van der Waals surface area contributed by atoms with Gasteiger partial charge < -0.3 is 20.3 Å². The summed E-state index contributed by atoms with van der Waals surface area (Å²) in [6, 6.07) is 9.19. The molecule has 2 rings (SSSR count). The minimum atomic E-state index is -1.33. The number of aromatic carboxylic acids is 2. The number of carboxylic acid groups (broad SMARTS) is 2. The number of anilines is 1. The predicted octanol–water partition coefficient (Wildman–Crippen LogP) is 2.26. The van der Waals surface area contributed by atoms with Gasteiger partial charge in [-0.1, -0.05) is 12.1 Å². The molecule has 2 aromatic carbocycles. The molecule has 0 aromatic heterocycles. The molecule has 0 fully saturated rings. The van der Waals surface area contributed by atoms with Gasteiger partial charge in [-0.2, -0.15) is 0 Å². The van der Waals surface area contributed by atoms with Crippen LogP contribution in [-0.2, 0) is 4.79 Å². The van der Waals surface area contributed by atoms with Crippen LogP contribution in [0.5, 0.6) is 5.75 Å². The van der Waals surface area contributed by atoms with Gasteiger partial charge in [-0.25, -0.2) is 9.59 Å². The third kappa shape index (κ3) is 4.41. The predicted molar refractivity (Wildman–Crippen MR) is 86.1 cm³/mol. The summed E-state index contributed by atoms with van der Waals surface area (Å²) in [6.45, 7) is 1.18. The van der Waals surface area contributed by atoms with E-state index in [1.165, 1.54) is 19.1 Å². The van der Waals surface area contributed by atoms with Gasteiger partial charge in [-0.15, -0.1) is 0 Å². The van der Waals surface area contributed by atoms with Gasteiger partial charge in [0.05, 0.1) is 16.7 Å². The summed E-state index contributed by atoms with van der Waals surface area (Å²) in [6.07, 6.45) is 0. The van der Waals surface area contributed by atoms with Gasteiger partial charge in [0.1, 0.15) is 5.75 Å². The molecule has 0 heterocycles. The zero-order valence-electron chi connectivity index (χ0n) is 13.0. The van der Waals surface area contributed by atoms with Crippen molar-refractivity contribution in [1.29, 1.82) is 0 Å². The average Bonchev–Trinajstić information content (AvgIpc) is 2.54. The highest BCUT2D eigenvalue weighted by Crippen LogP contribution is 2.21. The number of hydrogen-bond donors (Lipinski definition) is 3. The van der Waals surface area contributed by atoms with Gasteiger partial charge in [-0.3, -0.25) is 9.59 Å². The van der Waals surface area contributed by atoms with Crippen molar-refractivity contribution in [1.82, 2.24) is 0 Å². The van der Waals surface area contributed by atoms with Crippen LogP contribution in [0.1, 0.15) is 38.0 Å². The smallest absolute Gasteiger partial charge is 0.335 e. The number of nitrogens with one attached hydrogen (secondary N) is 1. The Labute approximate surface area is 141 Å². The van der Waals surface area contributed by atoms with Crippen molar-refractivity contribution in [2.24, 2.45) is 0 Å². The molecule has 0 atom stereocenters. The summed E-state index contributed by atoms with van der Waals surface area (Å²) < 4.78 is 4.94. The number of benzene rings is 2. The number of amides is 1. The fourth-order valence-corrected chi connectivity index (χ4v) is 2.04. The zero-order chi connectivity index (χ0) is 18.6. The minimum absolute atomic E-state index is 0.0140. The topological polar surface area (TPSA) is 130 Å². The summed E-state index contributed by atoms with van der Waals surface area (Å²) >= 11 is 0. The van der Waals surface area contributed by atoms with Gasteiger partial charge in [0.25, 0.3) is 5.91 Å². The van der Waals surface area contributed by atoms with Gasteiger partial charge >= 0.3 is 17.9 Å². The van der Waals surface area contributed by atoms with Crippen molar-refractivity contribution in [3.63, 3.8) is 0 Å². The van der Waals surface area contributed by atoms with E-state index >= 15 is 0 Å². The van der Waals surface area contributed by atoms with Crippen molar-refractivity contribution >= 4 is 29.5 Å². The van der Waals surface area contributed by atoms with Crippen LogP contribution in [0, 0.1) is 0 Å². The molecule has 8 heteroatoms. The molecule has 8 nitrogen and oxygen atoms in total. The lowest BCUT2D eigenvalue weighted by Gasteiger charge is -2.10. The van der Waals surface area contributed by atoms with Crippen LogP contribution in [0.4, 0.5) is 5.69 Å². The Balaban J connectivity index is 2.37. The number of carbonyl (C=O) groups is 4. The standard InChI is InChI=1S/C17H13NO7/c1-9(19)25-14-5-3-2-4-13(14)15(20)18-12-7-10(16(21)22)6-11(8-12)17(23)24/h2-8H,1H3,(H,18,20)(H,21,22)(H,23,24). The highest BCUT2D eigenvalue weighted by molar-refractivity contribution is 6.07. The molecule has 25 heavy (non-hydrogen) atoms. The Morgan fingerprint density at radius 2 is 1.48 bits per heavy atom. The van der Waals surface area contributed by atoms with Crippen LogP contribution < -0.4 is 10.1 Å². The Morgan fingerprint density at radius 1 is 0.920 bits per heavy atom.